The lowest BCUT2D eigenvalue weighted by Crippen LogP contribution is -2.43. The summed E-state index contributed by atoms with van der Waals surface area (Å²) in [6.07, 6.45) is 0.331. The van der Waals surface area contributed by atoms with Gasteiger partial charge in [-0.15, -0.1) is 0 Å². The molecule has 18 heavy (non-hydrogen) atoms. The Kier molecular flexibility index (Phi) is 6.07. The van der Waals surface area contributed by atoms with Gasteiger partial charge in [0.15, 0.2) is 0 Å². The summed E-state index contributed by atoms with van der Waals surface area (Å²) in [7, 11) is 0. The number of carbonyl (C=O) groups excluding carboxylic acids is 2. The Hall–Kier alpha value is -1.14. The first kappa shape index (κ1) is 14.9. The lowest BCUT2D eigenvalue weighted by molar-refractivity contribution is -0.135. The third-order valence-corrected chi connectivity index (χ3v) is 3.20. The molecule has 1 rings (SSSR count). The Morgan fingerprint density at radius 2 is 1.94 bits per heavy atom. The molecule has 104 valence electrons. The highest BCUT2D eigenvalue weighted by molar-refractivity contribution is 5.80. The smallest absolute Gasteiger partial charge is 0.224 e. The normalized spacial score (nSPS) is 19.2. The molecule has 3 N–H and O–H groups in total. The number of hydrogen-bond donors (Lipinski definition) is 2. The zero-order valence-electron chi connectivity index (χ0n) is 11.1. The van der Waals surface area contributed by atoms with Crippen molar-refractivity contribution >= 4 is 11.8 Å². The number of ether oxygens (including phenoxy) is 1. The van der Waals surface area contributed by atoms with Gasteiger partial charge in [-0.1, -0.05) is 6.92 Å². The molecular weight excluding hydrogens is 234 g/mol. The van der Waals surface area contributed by atoms with E-state index in [1.807, 2.05) is 0 Å². The van der Waals surface area contributed by atoms with E-state index < -0.39 is 0 Å². The highest BCUT2D eigenvalue weighted by Gasteiger charge is 2.19. The molecule has 6 nitrogen and oxygen atoms in total. The third kappa shape index (κ3) is 4.62. The van der Waals surface area contributed by atoms with Crippen molar-refractivity contribution in [1.29, 1.82) is 0 Å². The Morgan fingerprint density at radius 1 is 1.33 bits per heavy atom. The van der Waals surface area contributed by atoms with Gasteiger partial charge in [0.1, 0.15) is 0 Å². The van der Waals surface area contributed by atoms with Crippen molar-refractivity contribution in [2.75, 3.05) is 32.8 Å². The number of hydrogen-bond acceptors (Lipinski definition) is 4. The van der Waals surface area contributed by atoms with Crippen molar-refractivity contribution in [2.45, 2.75) is 26.3 Å². The van der Waals surface area contributed by atoms with Crippen LogP contribution >= 0.6 is 0 Å². The van der Waals surface area contributed by atoms with E-state index in [0.29, 0.717) is 39.3 Å². The molecule has 0 bridgehead atoms. The zero-order chi connectivity index (χ0) is 13.5. The standard InChI is InChI=1S/C12H23N3O3/c1-9(10(2)13)12(17)14-4-3-11(16)15-5-7-18-8-6-15/h9-10H,3-8,13H2,1-2H3,(H,14,17). The summed E-state index contributed by atoms with van der Waals surface area (Å²) < 4.78 is 5.17. The Bertz CT molecular complexity index is 288. The SMILES string of the molecule is CC(N)C(C)C(=O)NCCC(=O)N1CCOCC1. The average molecular weight is 257 g/mol. The van der Waals surface area contributed by atoms with E-state index in [1.54, 1.807) is 18.7 Å². The van der Waals surface area contributed by atoms with Crippen LogP contribution < -0.4 is 11.1 Å². The molecule has 1 aliphatic rings. The number of rotatable bonds is 5. The summed E-state index contributed by atoms with van der Waals surface area (Å²) >= 11 is 0. The van der Waals surface area contributed by atoms with Crippen LogP contribution in [0, 0.1) is 5.92 Å². The van der Waals surface area contributed by atoms with Gasteiger partial charge in [-0.2, -0.15) is 0 Å². The lowest BCUT2D eigenvalue weighted by atomic mass is 10.0. The van der Waals surface area contributed by atoms with E-state index in [0.717, 1.165) is 0 Å². The van der Waals surface area contributed by atoms with E-state index in [4.69, 9.17) is 10.5 Å². The quantitative estimate of drug-likeness (QED) is 0.684. The van der Waals surface area contributed by atoms with Gasteiger partial charge in [0, 0.05) is 38.0 Å². The van der Waals surface area contributed by atoms with Crippen molar-refractivity contribution in [3.8, 4) is 0 Å². The van der Waals surface area contributed by atoms with E-state index in [1.165, 1.54) is 0 Å². The van der Waals surface area contributed by atoms with Gasteiger partial charge >= 0.3 is 0 Å². The molecule has 2 unspecified atom stereocenters. The Labute approximate surface area is 108 Å². The number of nitrogens with zero attached hydrogens (tertiary/aromatic N) is 1. The molecule has 0 spiro atoms. The molecule has 0 aliphatic carbocycles. The van der Waals surface area contributed by atoms with Gasteiger partial charge in [-0.25, -0.2) is 0 Å². The maximum atomic E-state index is 11.8. The summed E-state index contributed by atoms with van der Waals surface area (Å²) in [6.45, 7) is 6.42. The number of nitrogens with one attached hydrogen (secondary N) is 1. The van der Waals surface area contributed by atoms with Crippen molar-refractivity contribution in [2.24, 2.45) is 11.7 Å². The zero-order valence-corrected chi connectivity index (χ0v) is 11.1. The fourth-order valence-corrected chi connectivity index (χ4v) is 1.66. The van der Waals surface area contributed by atoms with Crippen LogP contribution in [0.3, 0.4) is 0 Å². The molecule has 1 heterocycles. The van der Waals surface area contributed by atoms with Gasteiger partial charge in [0.05, 0.1) is 13.2 Å². The summed E-state index contributed by atoms with van der Waals surface area (Å²) in [5.74, 6) is -0.268. The summed E-state index contributed by atoms with van der Waals surface area (Å²) in [4.78, 5) is 25.2. The molecule has 2 amide bonds. The maximum absolute atomic E-state index is 11.8. The van der Waals surface area contributed by atoms with E-state index in [9.17, 15) is 9.59 Å². The van der Waals surface area contributed by atoms with Crippen LogP contribution in [0.5, 0.6) is 0 Å². The average Bonchev–Trinajstić information content (AvgIpc) is 2.38. The molecule has 0 radical (unpaired) electrons. The highest BCUT2D eigenvalue weighted by atomic mass is 16.5. The minimum Gasteiger partial charge on any atom is -0.378 e. The van der Waals surface area contributed by atoms with Crippen molar-refractivity contribution < 1.29 is 14.3 Å². The lowest BCUT2D eigenvalue weighted by Gasteiger charge is -2.27. The number of morpholine rings is 1. The minimum atomic E-state index is -0.233. The summed E-state index contributed by atoms with van der Waals surface area (Å²) in [5, 5.41) is 2.74. The van der Waals surface area contributed by atoms with Crippen molar-refractivity contribution in [3.05, 3.63) is 0 Å². The van der Waals surface area contributed by atoms with Crippen LogP contribution in [0.2, 0.25) is 0 Å². The predicted octanol–water partition coefficient (Wildman–Crippen LogP) is -0.665. The second-order valence-electron chi connectivity index (χ2n) is 4.68. The minimum absolute atomic E-state index is 0.0621. The van der Waals surface area contributed by atoms with Crippen LogP contribution in [0.1, 0.15) is 20.3 Å². The maximum Gasteiger partial charge on any atom is 0.224 e. The molecule has 1 saturated heterocycles. The first-order chi connectivity index (χ1) is 8.52. The Balaban J connectivity index is 2.20. The number of nitrogens with two attached hydrogens (primary N) is 1. The summed E-state index contributed by atoms with van der Waals surface area (Å²) in [6, 6.07) is -0.181. The molecule has 6 heteroatoms. The fraction of sp³-hybridized carbons (Fsp3) is 0.833. The van der Waals surface area contributed by atoms with E-state index >= 15 is 0 Å². The molecule has 0 aromatic carbocycles. The van der Waals surface area contributed by atoms with Crippen LogP contribution in [0.15, 0.2) is 0 Å². The number of amides is 2. The van der Waals surface area contributed by atoms with Crippen molar-refractivity contribution in [1.82, 2.24) is 10.2 Å². The van der Waals surface area contributed by atoms with Crippen LogP contribution in [0.4, 0.5) is 0 Å². The van der Waals surface area contributed by atoms with E-state index in [-0.39, 0.29) is 23.8 Å². The molecule has 1 fully saturated rings. The van der Waals surface area contributed by atoms with Gasteiger partial charge in [0.25, 0.3) is 0 Å². The topological polar surface area (TPSA) is 84.7 Å². The molecular formula is C12H23N3O3. The Morgan fingerprint density at radius 3 is 2.50 bits per heavy atom. The third-order valence-electron chi connectivity index (χ3n) is 3.20. The van der Waals surface area contributed by atoms with E-state index in [2.05, 4.69) is 5.32 Å². The van der Waals surface area contributed by atoms with Crippen LogP contribution in [-0.2, 0) is 14.3 Å². The molecule has 2 atom stereocenters. The monoisotopic (exact) mass is 257 g/mol. The second-order valence-corrected chi connectivity index (χ2v) is 4.68. The molecule has 0 aromatic heterocycles. The van der Waals surface area contributed by atoms with Crippen LogP contribution in [-0.4, -0.2) is 55.6 Å². The largest absolute Gasteiger partial charge is 0.378 e. The van der Waals surface area contributed by atoms with Gasteiger partial charge in [-0.05, 0) is 6.92 Å². The van der Waals surface area contributed by atoms with Gasteiger partial charge in [-0.3, -0.25) is 9.59 Å². The molecule has 1 aliphatic heterocycles. The first-order valence-corrected chi connectivity index (χ1v) is 6.41. The molecule has 0 aromatic rings. The molecule has 0 saturated carbocycles. The first-order valence-electron chi connectivity index (χ1n) is 6.41. The van der Waals surface area contributed by atoms with Gasteiger partial charge < -0.3 is 20.7 Å². The van der Waals surface area contributed by atoms with Crippen LogP contribution in [0.25, 0.3) is 0 Å². The summed E-state index contributed by atoms with van der Waals surface area (Å²) in [5.41, 5.74) is 5.64. The predicted molar refractivity (Wildman–Crippen MR) is 67.8 cm³/mol. The highest BCUT2D eigenvalue weighted by Crippen LogP contribution is 2.01. The second kappa shape index (κ2) is 7.33. The fourth-order valence-electron chi connectivity index (χ4n) is 1.66. The van der Waals surface area contributed by atoms with Crippen molar-refractivity contribution in [3.63, 3.8) is 0 Å². The number of carbonyl (C=O) groups is 2. The van der Waals surface area contributed by atoms with Gasteiger partial charge in [0.2, 0.25) is 11.8 Å².